The summed E-state index contributed by atoms with van der Waals surface area (Å²) in [5.74, 6) is -1.03. The van der Waals surface area contributed by atoms with E-state index >= 15 is 0 Å². The predicted octanol–water partition coefficient (Wildman–Crippen LogP) is 4.67. The second-order valence-corrected chi connectivity index (χ2v) is 8.11. The molecule has 0 radical (unpaired) electrons. The topological polar surface area (TPSA) is 94.3 Å². The van der Waals surface area contributed by atoms with Gasteiger partial charge in [0.1, 0.15) is 0 Å². The lowest BCUT2D eigenvalue weighted by Gasteiger charge is -2.08. The van der Waals surface area contributed by atoms with Gasteiger partial charge in [-0.15, -0.1) is 0 Å². The van der Waals surface area contributed by atoms with Gasteiger partial charge < -0.3 is 14.4 Å². The number of benzene rings is 2. The lowest BCUT2D eigenvalue weighted by Crippen LogP contribution is -2.19. The number of fused-ring (bicyclic) bond motifs is 1. The van der Waals surface area contributed by atoms with Crippen LogP contribution in [0.5, 0.6) is 0 Å². The lowest BCUT2D eigenvalue weighted by molar-refractivity contribution is -0.149. The van der Waals surface area contributed by atoms with E-state index in [0.717, 1.165) is 27.6 Å². The molecule has 1 N–H and O–H groups in total. The number of hydrogen-bond acceptors (Lipinski definition) is 5. The molecule has 0 saturated carbocycles. The number of nitrogens with zero attached hydrogens (tertiary/aromatic N) is 3. The Hall–Kier alpha value is -4.10. The molecule has 0 spiro atoms. The van der Waals surface area contributed by atoms with Crippen molar-refractivity contribution in [1.29, 1.82) is 0 Å². The molecule has 34 heavy (non-hydrogen) atoms. The summed E-state index contributed by atoms with van der Waals surface area (Å²) in [4.78, 5) is 24.0. The summed E-state index contributed by atoms with van der Waals surface area (Å²) < 4.78 is 7.29. The van der Waals surface area contributed by atoms with Crippen LogP contribution in [0.1, 0.15) is 39.5 Å². The number of allylic oxidation sites excluding steroid dienone is 1. The summed E-state index contributed by atoms with van der Waals surface area (Å²) in [6, 6.07) is 15.3. The number of carbonyl (C=O) groups is 2. The highest BCUT2D eigenvalue weighted by Gasteiger charge is 2.17. The third kappa shape index (κ3) is 5.27. The number of hydrogen-bond donors (Lipinski definition) is 1. The summed E-state index contributed by atoms with van der Waals surface area (Å²) in [5.41, 5.74) is 5.09. The summed E-state index contributed by atoms with van der Waals surface area (Å²) in [5, 5.41) is 17.6. The number of carbonyl (C=O) groups excluding carboxylic acids is 1. The van der Waals surface area contributed by atoms with Crippen LogP contribution in [0, 0.1) is 6.92 Å². The zero-order valence-electron chi connectivity index (χ0n) is 19.0. The van der Waals surface area contributed by atoms with Gasteiger partial charge in [-0.3, -0.25) is 4.79 Å². The van der Waals surface area contributed by atoms with Crippen LogP contribution >= 0.6 is 0 Å². The third-order valence-corrected chi connectivity index (χ3v) is 5.59. The zero-order chi connectivity index (χ0) is 24.1. The smallest absolute Gasteiger partial charge is 0.332 e. The van der Waals surface area contributed by atoms with Gasteiger partial charge in [0.2, 0.25) is 0 Å². The highest BCUT2D eigenvalue weighted by Crippen LogP contribution is 2.23. The molecule has 2 aromatic heterocycles. The monoisotopic (exact) mass is 455 g/mol. The average molecular weight is 456 g/mol. The average Bonchev–Trinajstić information content (AvgIpc) is 3.22. The Morgan fingerprint density at radius 1 is 1.06 bits per heavy atom. The molecule has 2 heterocycles. The number of ether oxygens (including phenoxy) is 1. The molecule has 7 nitrogen and oxygen atoms in total. The van der Waals surface area contributed by atoms with Crippen molar-refractivity contribution in [2.45, 2.75) is 33.1 Å². The molecule has 0 fully saturated rings. The van der Waals surface area contributed by atoms with Crippen molar-refractivity contribution in [2.24, 2.45) is 0 Å². The van der Waals surface area contributed by atoms with Crippen LogP contribution in [0.3, 0.4) is 0 Å². The van der Waals surface area contributed by atoms with Gasteiger partial charge in [-0.2, -0.15) is 10.2 Å². The summed E-state index contributed by atoms with van der Waals surface area (Å²) >= 11 is 0. The second kappa shape index (κ2) is 10.2. The van der Waals surface area contributed by atoms with E-state index in [1.54, 1.807) is 12.4 Å². The van der Waals surface area contributed by atoms with E-state index in [1.807, 2.05) is 78.4 Å². The molecule has 7 heteroatoms. The summed E-state index contributed by atoms with van der Waals surface area (Å²) in [6.45, 7) is 4.30. The minimum Gasteiger partial charge on any atom is -0.479 e. The Bertz CT molecular complexity index is 1340. The van der Waals surface area contributed by atoms with Crippen LogP contribution in [0.4, 0.5) is 0 Å². The molecule has 4 rings (SSSR count). The van der Waals surface area contributed by atoms with Gasteiger partial charge in [0, 0.05) is 29.3 Å². The Balaban J connectivity index is 1.48. The van der Waals surface area contributed by atoms with Crippen molar-refractivity contribution in [2.75, 3.05) is 0 Å². The number of ketones is 1. The van der Waals surface area contributed by atoms with E-state index in [0.29, 0.717) is 17.7 Å². The maximum Gasteiger partial charge on any atom is 0.332 e. The highest BCUT2D eigenvalue weighted by molar-refractivity contribution is 6.16. The van der Waals surface area contributed by atoms with Crippen molar-refractivity contribution in [3.63, 3.8) is 0 Å². The fraction of sp³-hybridized carbons (Fsp3) is 0.185. The van der Waals surface area contributed by atoms with Gasteiger partial charge >= 0.3 is 5.97 Å². The first-order valence-corrected chi connectivity index (χ1v) is 10.9. The molecule has 0 unspecified atom stereocenters. The van der Waals surface area contributed by atoms with E-state index in [2.05, 4.69) is 10.2 Å². The molecular weight excluding hydrogens is 430 g/mol. The Kier molecular flexibility index (Phi) is 6.94. The molecule has 0 bridgehead atoms. The first-order valence-electron chi connectivity index (χ1n) is 10.9. The van der Waals surface area contributed by atoms with Crippen molar-refractivity contribution in [3.8, 4) is 0 Å². The quantitative estimate of drug-likeness (QED) is 0.369. The van der Waals surface area contributed by atoms with Crippen LogP contribution in [-0.4, -0.2) is 37.7 Å². The molecule has 0 amide bonds. The summed E-state index contributed by atoms with van der Waals surface area (Å²) in [6.07, 6.45) is 8.31. The largest absolute Gasteiger partial charge is 0.479 e. The number of rotatable bonds is 9. The molecule has 2 aromatic carbocycles. The number of carboxylic acid groups (broad SMARTS) is 1. The van der Waals surface area contributed by atoms with E-state index < -0.39 is 12.1 Å². The van der Waals surface area contributed by atoms with Gasteiger partial charge in [0.05, 0.1) is 24.5 Å². The maximum absolute atomic E-state index is 13.1. The SMILES string of the molecule is Cc1ccc(C(=O)c2cn(CC=Cc3ccc(CO[C@@H](C)C(=O)O)cc3)c3cnncc23)cc1. The molecular formula is C27H25N3O4. The van der Waals surface area contributed by atoms with E-state index in [4.69, 9.17) is 9.84 Å². The molecule has 0 aliphatic carbocycles. The van der Waals surface area contributed by atoms with Gasteiger partial charge in [-0.05, 0) is 25.0 Å². The van der Waals surface area contributed by atoms with Crippen molar-refractivity contribution in [3.05, 3.63) is 101 Å². The molecule has 4 aromatic rings. The van der Waals surface area contributed by atoms with Crippen molar-refractivity contribution < 1.29 is 19.4 Å². The number of carboxylic acids is 1. The van der Waals surface area contributed by atoms with Gasteiger partial charge in [0.25, 0.3) is 0 Å². The predicted molar refractivity (Wildman–Crippen MR) is 130 cm³/mol. The highest BCUT2D eigenvalue weighted by atomic mass is 16.5. The van der Waals surface area contributed by atoms with Crippen LogP contribution in [0.15, 0.2) is 73.2 Å². The van der Waals surface area contributed by atoms with Crippen molar-refractivity contribution in [1.82, 2.24) is 14.8 Å². The number of aryl methyl sites for hydroxylation is 1. The fourth-order valence-corrected chi connectivity index (χ4v) is 3.56. The third-order valence-electron chi connectivity index (χ3n) is 5.59. The minimum atomic E-state index is -0.980. The Morgan fingerprint density at radius 3 is 2.47 bits per heavy atom. The fourth-order valence-electron chi connectivity index (χ4n) is 3.56. The van der Waals surface area contributed by atoms with E-state index in [-0.39, 0.29) is 12.4 Å². The second-order valence-electron chi connectivity index (χ2n) is 8.11. The molecule has 0 aliphatic rings. The molecule has 0 saturated heterocycles. The Morgan fingerprint density at radius 2 is 1.76 bits per heavy atom. The van der Waals surface area contributed by atoms with Crippen molar-refractivity contribution >= 4 is 28.7 Å². The van der Waals surface area contributed by atoms with Crippen LogP contribution in [0.25, 0.3) is 17.0 Å². The van der Waals surface area contributed by atoms with Crippen LogP contribution in [-0.2, 0) is 22.7 Å². The number of aromatic nitrogens is 3. The first-order chi connectivity index (χ1) is 16.4. The van der Waals surface area contributed by atoms with E-state index in [1.165, 1.54) is 6.92 Å². The standard InChI is InChI=1S/C27H25N3O4/c1-18-5-11-22(12-6-18)26(31)24-16-30(25-15-29-28-14-23(24)25)13-3-4-20-7-9-21(10-8-20)17-34-19(2)27(32)33/h3-12,14-16,19H,13,17H2,1-2H3,(H,32,33)/t19-/m0/s1. The van der Waals surface area contributed by atoms with Crippen LogP contribution < -0.4 is 0 Å². The Labute approximate surface area is 197 Å². The lowest BCUT2D eigenvalue weighted by atomic mass is 10.0. The summed E-state index contributed by atoms with van der Waals surface area (Å²) in [7, 11) is 0. The normalized spacial score (nSPS) is 12.3. The van der Waals surface area contributed by atoms with E-state index in [9.17, 15) is 9.59 Å². The first kappa shape index (κ1) is 23.1. The van der Waals surface area contributed by atoms with Gasteiger partial charge in [-0.25, -0.2) is 4.79 Å². The minimum absolute atomic E-state index is 0.0456. The molecule has 0 aliphatic heterocycles. The number of aliphatic carboxylic acids is 1. The van der Waals surface area contributed by atoms with Gasteiger partial charge in [-0.1, -0.05) is 66.2 Å². The zero-order valence-corrected chi connectivity index (χ0v) is 19.0. The maximum atomic E-state index is 13.1. The van der Waals surface area contributed by atoms with Crippen LogP contribution in [0.2, 0.25) is 0 Å². The molecule has 172 valence electrons. The van der Waals surface area contributed by atoms with Gasteiger partial charge in [0.15, 0.2) is 11.9 Å². The molecule has 1 atom stereocenters.